The molecule has 0 fully saturated rings. The molecule has 2 N–H and O–H groups in total. The smallest absolute Gasteiger partial charge is 0.224 e. The third-order valence-corrected chi connectivity index (χ3v) is 3.48. The van der Waals surface area contributed by atoms with Crippen LogP contribution in [0.1, 0.15) is 52.6 Å². The molecule has 0 heterocycles. The van der Waals surface area contributed by atoms with Crippen molar-refractivity contribution in [2.24, 2.45) is 11.3 Å². The van der Waals surface area contributed by atoms with Crippen molar-refractivity contribution < 1.29 is 4.79 Å². The van der Waals surface area contributed by atoms with Crippen molar-refractivity contribution in [3.63, 3.8) is 0 Å². The van der Waals surface area contributed by atoms with Crippen molar-refractivity contribution >= 4 is 5.91 Å². The van der Waals surface area contributed by atoms with E-state index in [1.54, 1.807) is 0 Å². The molecule has 118 valence electrons. The van der Waals surface area contributed by atoms with Crippen LogP contribution in [-0.4, -0.2) is 19.0 Å². The Morgan fingerprint density at radius 1 is 1.19 bits per heavy atom. The molecule has 0 aromatic heterocycles. The molecule has 0 aliphatic rings. The molecule has 0 saturated heterocycles. The molecular weight excluding hydrogens is 260 g/mol. The van der Waals surface area contributed by atoms with E-state index in [0.717, 1.165) is 19.5 Å². The van der Waals surface area contributed by atoms with Gasteiger partial charge in [0.05, 0.1) is 6.04 Å². The summed E-state index contributed by atoms with van der Waals surface area (Å²) in [5.74, 6) is 0.102. The Labute approximate surface area is 129 Å². The molecule has 21 heavy (non-hydrogen) atoms. The molecular formula is C18H30N2O. The summed E-state index contributed by atoms with van der Waals surface area (Å²) in [7, 11) is 0. The van der Waals surface area contributed by atoms with E-state index in [0.29, 0.717) is 0 Å². The summed E-state index contributed by atoms with van der Waals surface area (Å²) in [4.78, 5) is 12.4. The minimum absolute atomic E-state index is 0.0175. The molecule has 1 aromatic carbocycles. The van der Waals surface area contributed by atoms with Crippen molar-refractivity contribution in [1.82, 2.24) is 10.6 Å². The van der Waals surface area contributed by atoms with Gasteiger partial charge < -0.3 is 10.6 Å². The Bertz CT molecular complexity index is 423. The monoisotopic (exact) mass is 290 g/mol. The largest absolute Gasteiger partial charge is 0.349 e. The molecule has 1 rings (SSSR count). The lowest BCUT2D eigenvalue weighted by atomic mass is 9.85. The third-order valence-electron chi connectivity index (χ3n) is 3.48. The average molecular weight is 290 g/mol. The molecule has 2 atom stereocenters. The summed E-state index contributed by atoms with van der Waals surface area (Å²) < 4.78 is 0. The van der Waals surface area contributed by atoms with Gasteiger partial charge in [-0.25, -0.2) is 0 Å². The van der Waals surface area contributed by atoms with Crippen molar-refractivity contribution in [3.8, 4) is 0 Å². The zero-order valence-electron chi connectivity index (χ0n) is 14.1. The van der Waals surface area contributed by atoms with Crippen molar-refractivity contribution in [2.45, 2.75) is 47.1 Å². The van der Waals surface area contributed by atoms with E-state index in [2.05, 4.69) is 50.5 Å². The van der Waals surface area contributed by atoms with E-state index in [4.69, 9.17) is 0 Å². The maximum Gasteiger partial charge on any atom is 0.224 e. The minimum atomic E-state index is -0.0175. The number of hydrogen-bond donors (Lipinski definition) is 2. The van der Waals surface area contributed by atoms with Gasteiger partial charge in [-0.3, -0.25) is 4.79 Å². The van der Waals surface area contributed by atoms with Gasteiger partial charge in [-0.05, 0) is 23.9 Å². The fourth-order valence-electron chi connectivity index (χ4n) is 2.32. The van der Waals surface area contributed by atoms with Gasteiger partial charge in [0.1, 0.15) is 0 Å². The fraction of sp³-hybridized carbons (Fsp3) is 0.611. The van der Waals surface area contributed by atoms with Gasteiger partial charge >= 0.3 is 0 Å². The highest BCUT2D eigenvalue weighted by Gasteiger charge is 2.23. The van der Waals surface area contributed by atoms with Crippen LogP contribution in [0.25, 0.3) is 0 Å². The van der Waals surface area contributed by atoms with Gasteiger partial charge in [0.15, 0.2) is 0 Å². The van der Waals surface area contributed by atoms with E-state index < -0.39 is 0 Å². The first kappa shape index (κ1) is 17.7. The van der Waals surface area contributed by atoms with E-state index in [-0.39, 0.29) is 23.3 Å². The van der Waals surface area contributed by atoms with E-state index in [9.17, 15) is 4.79 Å². The molecule has 0 radical (unpaired) electrons. The highest BCUT2D eigenvalue weighted by atomic mass is 16.1. The zero-order valence-corrected chi connectivity index (χ0v) is 14.1. The molecule has 0 saturated carbocycles. The van der Waals surface area contributed by atoms with Crippen molar-refractivity contribution in [3.05, 3.63) is 35.9 Å². The Balaban J connectivity index is 2.76. The second-order valence-corrected chi connectivity index (χ2v) is 6.95. The topological polar surface area (TPSA) is 41.1 Å². The number of nitrogens with one attached hydrogen (secondary N) is 2. The van der Waals surface area contributed by atoms with Crippen molar-refractivity contribution in [1.29, 1.82) is 0 Å². The van der Waals surface area contributed by atoms with Gasteiger partial charge in [-0.15, -0.1) is 0 Å². The van der Waals surface area contributed by atoms with Crippen LogP contribution in [0.2, 0.25) is 0 Å². The summed E-state index contributed by atoms with van der Waals surface area (Å²) in [6.07, 6.45) is 0.927. The Kier molecular flexibility index (Phi) is 6.90. The lowest BCUT2D eigenvalue weighted by Gasteiger charge is -2.28. The van der Waals surface area contributed by atoms with Crippen LogP contribution in [-0.2, 0) is 4.79 Å². The Morgan fingerprint density at radius 3 is 2.33 bits per heavy atom. The number of hydrogen-bond acceptors (Lipinski definition) is 2. The van der Waals surface area contributed by atoms with Crippen LogP contribution < -0.4 is 10.6 Å². The summed E-state index contributed by atoms with van der Waals surface area (Å²) in [5, 5.41) is 6.45. The normalized spacial score (nSPS) is 14.5. The zero-order chi connectivity index (χ0) is 15.9. The second-order valence-electron chi connectivity index (χ2n) is 6.95. The fourth-order valence-corrected chi connectivity index (χ4v) is 2.32. The van der Waals surface area contributed by atoms with Gasteiger partial charge in [0.25, 0.3) is 0 Å². The SMILES string of the molecule is CCNCC(C)C(=O)NC(CC(C)(C)C)c1ccccc1. The molecule has 0 spiro atoms. The highest BCUT2D eigenvalue weighted by Crippen LogP contribution is 2.29. The molecule has 3 nitrogen and oxygen atoms in total. The number of carbonyl (C=O) groups excluding carboxylic acids is 1. The molecule has 0 aliphatic carbocycles. The lowest BCUT2D eigenvalue weighted by Crippen LogP contribution is -2.38. The van der Waals surface area contributed by atoms with Gasteiger partial charge in [-0.2, -0.15) is 0 Å². The van der Waals surface area contributed by atoms with Crippen molar-refractivity contribution in [2.75, 3.05) is 13.1 Å². The number of carbonyl (C=O) groups is 1. The summed E-state index contributed by atoms with van der Waals surface area (Å²) in [6, 6.07) is 10.3. The predicted octanol–water partition coefficient (Wildman–Crippen LogP) is 3.53. The van der Waals surface area contributed by atoms with Crippen LogP contribution in [0.5, 0.6) is 0 Å². The minimum Gasteiger partial charge on any atom is -0.349 e. The standard InChI is InChI=1S/C18H30N2O/c1-6-19-13-14(2)17(21)20-16(12-18(3,4)5)15-10-8-7-9-11-15/h7-11,14,16,19H,6,12-13H2,1-5H3,(H,20,21). The molecule has 1 amide bonds. The molecule has 0 aliphatic heterocycles. The Morgan fingerprint density at radius 2 is 1.81 bits per heavy atom. The molecule has 0 bridgehead atoms. The third kappa shape index (κ3) is 6.76. The predicted molar refractivity (Wildman–Crippen MR) is 89.1 cm³/mol. The maximum atomic E-state index is 12.4. The lowest BCUT2D eigenvalue weighted by molar-refractivity contribution is -0.125. The first-order valence-corrected chi connectivity index (χ1v) is 7.89. The van der Waals surface area contributed by atoms with Crippen LogP contribution in [0.3, 0.4) is 0 Å². The van der Waals surface area contributed by atoms with Gasteiger partial charge in [0.2, 0.25) is 5.91 Å². The van der Waals surface area contributed by atoms with Crippen LogP contribution in [0, 0.1) is 11.3 Å². The average Bonchev–Trinajstić information content (AvgIpc) is 2.43. The number of benzene rings is 1. The molecule has 3 heteroatoms. The second kappa shape index (κ2) is 8.18. The number of rotatable bonds is 7. The van der Waals surface area contributed by atoms with Gasteiger partial charge in [-0.1, -0.05) is 65.0 Å². The summed E-state index contributed by atoms with van der Waals surface area (Å²) in [6.45, 7) is 12.3. The molecule has 2 unspecified atom stereocenters. The quantitative estimate of drug-likeness (QED) is 0.806. The van der Waals surface area contributed by atoms with Crippen LogP contribution in [0.15, 0.2) is 30.3 Å². The van der Waals surface area contributed by atoms with E-state index in [1.165, 1.54) is 5.56 Å². The first-order chi connectivity index (χ1) is 9.83. The van der Waals surface area contributed by atoms with Crippen LogP contribution >= 0.6 is 0 Å². The summed E-state index contributed by atoms with van der Waals surface area (Å²) in [5.41, 5.74) is 1.34. The highest BCUT2D eigenvalue weighted by molar-refractivity contribution is 5.79. The number of amides is 1. The van der Waals surface area contributed by atoms with E-state index in [1.807, 2.05) is 25.1 Å². The first-order valence-electron chi connectivity index (χ1n) is 7.89. The maximum absolute atomic E-state index is 12.4. The van der Waals surface area contributed by atoms with E-state index >= 15 is 0 Å². The van der Waals surface area contributed by atoms with Gasteiger partial charge in [0, 0.05) is 12.5 Å². The molecule has 1 aromatic rings. The van der Waals surface area contributed by atoms with Crippen LogP contribution in [0.4, 0.5) is 0 Å². The Hall–Kier alpha value is -1.35. The summed E-state index contributed by atoms with van der Waals surface area (Å²) >= 11 is 0.